The molecule has 4 fully saturated rings. The van der Waals surface area contributed by atoms with Crippen molar-refractivity contribution in [2.75, 3.05) is 11.9 Å². The number of thiocarbonyl (C=S) groups is 1. The molecule has 28 heavy (non-hydrogen) atoms. The van der Waals surface area contributed by atoms with Crippen LogP contribution in [0.25, 0.3) is 0 Å². The quantitative estimate of drug-likeness (QED) is 0.649. The zero-order chi connectivity index (χ0) is 19.7. The molecule has 4 saturated carbocycles. The molecule has 5 rings (SSSR count). The van der Waals surface area contributed by atoms with Crippen LogP contribution in [-0.2, 0) is 4.79 Å². The molecule has 0 spiro atoms. The third kappa shape index (κ3) is 4.35. The number of rotatable bonds is 6. The largest absolute Gasteiger partial charge is 0.494 e. The van der Waals surface area contributed by atoms with E-state index in [-0.39, 0.29) is 11.3 Å². The highest BCUT2D eigenvalue weighted by Gasteiger charge is 2.54. The number of hydrogen-bond acceptors (Lipinski definition) is 3. The van der Waals surface area contributed by atoms with Gasteiger partial charge in [0.15, 0.2) is 5.11 Å². The number of amides is 1. The topological polar surface area (TPSA) is 50.4 Å². The molecule has 4 nitrogen and oxygen atoms in total. The molecule has 0 unspecified atom stereocenters. The maximum Gasteiger partial charge on any atom is 0.232 e. The van der Waals surface area contributed by atoms with Crippen molar-refractivity contribution in [2.45, 2.75) is 58.8 Å². The number of carbonyl (C=O) groups is 1. The van der Waals surface area contributed by atoms with Crippen LogP contribution in [0, 0.1) is 29.1 Å². The molecule has 4 aliphatic carbocycles. The molecular formula is C23H32N2O2S. The molecule has 1 amide bonds. The molecule has 5 heteroatoms. The van der Waals surface area contributed by atoms with Crippen LogP contribution < -0.4 is 15.4 Å². The molecule has 152 valence electrons. The van der Waals surface area contributed by atoms with Crippen LogP contribution in [0.1, 0.15) is 58.8 Å². The molecule has 0 aliphatic heterocycles. The van der Waals surface area contributed by atoms with Gasteiger partial charge in [-0.25, -0.2) is 0 Å². The van der Waals surface area contributed by atoms with E-state index in [1.165, 1.54) is 19.3 Å². The smallest absolute Gasteiger partial charge is 0.232 e. The predicted molar refractivity (Wildman–Crippen MR) is 116 cm³/mol. The normalized spacial score (nSPS) is 30.3. The van der Waals surface area contributed by atoms with Crippen LogP contribution in [0.5, 0.6) is 5.75 Å². The number of nitrogens with one attached hydrogen (secondary N) is 2. The first-order valence-electron chi connectivity index (χ1n) is 10.8. The lowest BCUT2D eigenvalue weighted by Crippen LogP contribution is -2.55. The second-order valence-corrected chi connectivity index (χ2v) is 10.1. The van der Waals surface area contributed by atoms with Gasteiger partial charge in [0, 0.05) is 5.69 Å². The van der Waals surface area contributed by atoms with Gasteiger partial charge in [0.1, 0.15) is 5.75 Å². The van der Waals surface area contributed by atoms with Crippen molar-refractivity contribution >= 4 is 28.9 Å². The second kappa shape index (κ2) is 8.02. The summed E-state index contributed by atoms with van der Waals surface area (Å²) in [5.41, 5.74) is 0.696. The summed E-state index contributed by atoms with van der Waals surface area (Å²) in [5.74, 6) is 3.88. The summed E-state index contributed by atoms with van der Waals surface area (Å²) in [6, 6.07) is 7.75. The van der Waals surface area contributed by atoms with E-state index in [2.05, 4.69) is 24.5 Å². The summed E-state index contributed by atoms with van der Waals surface area (Å²) in [5, 5.41) is 6.54. The van der Waals surface area contributed by atoms with Gasteiger partial charge < -0.3 is 15.4 Å². The van der Waals surface area contributed by atoms with Gasteiger partial charge in [0.25, 0.3) is 0 Å². The Bertz CT molecular complexity index is 693. The molecule has 0 radical (unpaired) electrons. The Labute approximate surface area is 173 Å². The highest BCUT2D eigenvalue weighted by Crippen LogP contribution is 2.60. The molecule has 4 bridgehead atoms. The maximum atomic E-state index is 13.1. The first-order chi connectivity index (χ1) is 13.4. The summed E-state index contributed by atoms with van der Waals surface area (Å²) in [6.07, 6.45) is 8.20. The van der Waals surface area contributed by atoms with Gasteiger partial charge in [-0.15, -0.1) is 0 Å². The Hall–Kier alpha value is -1.62. The van der Waals surface area contributed by atoms with Crippen LogP contribution >= 0.6 is 12.2 Å². The van der Waals surface area contributed by atoms with Gasteiger partial charge in [-0.05, 0) is 105 Å². The van der Waals surface area contributed by atoms with E-state index in [9.17, 15) is 4.79 Å². The van der Waals surface area contributed by atoms with E-state index >= 15 is 0 Å². The molecule has 1 aromatic carbocycles. The Balaban J connectivity index is 1.29. The van der Waals surface area contributed by atoms with E-state index in [1.807, 2.05) is 24.3 Å². The van der Waals surface area contributed by atoms with E-state index in [0.717, 1.165) is 61.5 Å². The highest BCUT2D eigenvalue weighted by atomic mass is 32.1. The van der Waals surface area contributed by atoms with Gasteiger partial charge in [-0.3, -0.25) is 4.79 Å². The Kier molecular flexibility index (Phi) is 5.64. The van der Waals surface area contributed by atoms with Crippen molar-refractivity contribution in [1.29, 1.82) is 0 Å². The zero-order valence-corrected chi connectivity index (χ0v) is 17.8. The Morgan fingerprint density at radius 3 is 2.21 bits per heavy atom. The van der Waals surface area contributed by atoms with Crippen molar-refractivity contribution in [2.24, 2.45) is 29.1 Å². The highest BCUT2D eigenvalue weighted by molar-refractivity contribution is 7.80. The molecule has 2 N–H and O–H groups in total. The lowest BCUT2D eigenvalue weighted by Gasteiger charge is -2.55. The van der Waals surface area contributed by atoms with Crippen LogP contribution in [-0.4, -0.2) is 17.6 Å². The van der Waals surface area contributed by atoms with Crippen LogP contribution in [0.4, 0.5) is 5.69 Å². The number of carbonyl (C=O) groups excluding carboxylic acids is 1. The van der Waals surface area contributed by atoms with Crippen molar-refractivity contribution in [1.82, 2.24) is 5.32 Å². The molecule has 1 aromatic rings. The SMILES string of the molecule is CC(C)CCOc1ccc(NC(=S)NC(=O)C23CC4CC(CC(C4)C2)C3)cc1. The van der Waals surface area contributed by atoms with Crippen molar-refractivity contribution in [3.05, 3.63) is 24.3 Å². The number of hydrogen-bond donors (Lipinski definition) is 2. The molecular weight excluding hydrogens is 368 g/mol. The van der Waals surface area contributed by atoms with Gasteiger partial charge in [0.2, 0.25) is 5.91 Å². The number of ether oxygens (including phenoxy) is 1. The summed E-state index contributed by atoms with van der Waals surface area (Å²) in [4.78, 5) is 13.1. The maximum absolute atomic E-state index is 13.1. The summed E-state index contributed by atoms with van der Waals surface area (Å²) in [6.45, 7) is 5.11. The second-order valence-electron chi connectivity index (χ2n) is 9.66. The molecule has 0 heterocycles. The molecule has 0 aromatic heterocycles. The first-order valence-corrected chi connectivity index (χ1v) is 11.2. The van der Waals surface area contributed by atoms with Gasteiger partial charge >= 0.3 is 0 Å². The lowest BCUT2D eigenvalue weighted by molar-refractivity contribution is -0.144. The average Bonchev–Trinajstić information content (AvgIpc) is 2.61. The monoisotopic (exact) mass is 400 g/mol. The lowest BCUT2D eigenvalue weighted by atomic mass is 9.49. The van der Waals surface area contributed by atoms with E-state index in [0.29, 0.717) is 11.0 Å². The minimum Gasteiger partial charge on any atom is -0.494 e. The zero-order valence-electron chi connectivity index (χ0n) is 17.0. The minimum absolute atomic E-state index is 0.137. The van der Waals surface area contributed by atoms with E-state index in [1.54, 1.807) is 0 Å². The van der Waals surface area contributed by atoms with E-state index < -0.39 is 0 Å². The first kappa shape index (κ1) is 19.7. The van der Waals surface area contributed by atoms with Gasteiger partial charge in [-0.2, -0.15) is 0 Å². The Morgan fingerprint density at radius 2 is 1.68 bits per heavy atom. The molecule has 4 aliphatic rings. The predicted octanol–water partition coefficient (Wildman–Crippen LogP) is 5.14. The van der Waals surface area contributed by atoms with Crippen molar-refractivity contribution in [3.8, 4) is 5.75 Å². The fourth-order valence-corrected chi connectivity index (χ4v) is 6.04. The van der Waals surface area contributed by atoms with Crippen LogP contribution in [0.15, 0.2) is 24.3 Å². The van der Waals surface area contributed by atoms with Crippen LogP contribution in [0.3, 0.4) is 0 Å². The van der Waals surface area contributed by atoms with Gasteiger partial charge in [-0.1, -0.05) is 13.8 Å². The third-order valence-electron chi connectivity index (χ3n) is 6.82. The summed E-state index contributed by atoms with van der Waals surface area (Å²) in [7, 11) is 0. The van der Waals surface area contributed by atoms with Crippen molar-refractivity contribution in [3.63, 3.8) is 0 Å². The fourth-order valence-electron chi connectivity index (χ4n) is 5.83. The third-order valence-corrected chi connectivity index (χ3v) is 7.03. The minimum atomic E-state index is -0.172. The van der Waals surface area contributed by atoms with E-state index in [4.69, 9.17) is 17.0 Å². The molecule has 0 saturated heterocycles. The van der Waals surface area contributed by atoms with Crippen LogP contribution in [0.2, 0.25) is 0 Å². The standard InChI is InChI=1S/C23H32N2O2S/c1-15(2)7-8-27-20-5-3-19(4-6-20)24-22(28)25-21(26)23-12-16-9-17(13-23)11-18(10-16)14-23/h3-6,15-18H,7-14H2,1-2H3,(H2,24,25,26,28). The number of anilines is 1. The Morgan fingerprint density at radius 1 is 1.11 bits per heavy atom. The summed E-state index contributed by atoms with van der Waals surface area (Å²) < 4.78 is 5.75. The average molecular weight is 401 g/mol. The van der Waals surface area contributed by atoms with Crippen molar-refractivity contribution < 1.29 is 9.53 Å². The van der Waals surface area contributed by atoms with Gasteiger partial charge in [0.05, 0.1) is 12.0 Å². The molecule has 0 atom stereocenters. The fraction of sp³-hybridized carbons (Fsp3) is 0.652. The summed E-state index contributed by atoms with van der Waals surface area (Å²) >= 11 is 5.42. The number of benzene rings is 1.